The average Bonchev–Trinajstić information content (AvgIpc) is 2.72. The van der Waals surface area contributed by atoms with Gasteiger partial charge in [0.05, 0.1) is 26.3 Å². The monoisotopic (exact) mass is 427 g/mol. The van der Waals surface area contributed by atoms with Gasteiger partial charge in [-0.2, -0.15) is 5.26 Å². The average molecular weight is 428 g/mol. The van der Waals surface area contributed by atoms with Gasteiger partial charge < -0.3 is 25.2 Å². The van der Waals surface area contributed by atoms with Gasteiger partial charge in [-0.05, 0) is 29.2 Å². The fourth-order valence-electron chi connectivity index (χ4n) is 3.77. The van der Waals surface area contributed by atoms with Gasteiger partial charge in [0.25, 0.3) is 0 Å². The molecule has 6 nitrogen and oxygen atoms in total. The molecule has 0 aromatic heterocycles. The third-order valence-corrected chi connectivity index (χ3v) is 7.75. The first-order valence-corrected chi connectivity index (χ1v) is 13.6. The van der Waals surface area contributed by atoms with Crippen molar-refractivity contribution in [1.29, 1.82) is 5.26 Å². The topological polar surface area (TPSA) is 114 Å². The zero-order valence-electron chi connectivity index (χ0n) is 17.5. The zero-order chi connectivity index (χ0) is 22.1. The number of nitriles is 1. The van der Waals surface area contributed by atoms with E-state index in [0.29, 0.717) is 17.5 Å². The summed E-state index contributed by atoms with van der Waals surface area (Å²) in [6.07, 6.45) is -5.53. The van der Waals surface area contributed by atoms with Crippen molar-refractivity contribution >= 4 is 13.3 Å². The number of benzene rings is 2. The van der Waals surface area contributed by atoms with Gasteiger partial charge in [0.1, 0.15) is 30.5 Å². The molecule has 2 aromatic rings. The molecule has 2 aromatic carbocycles. The summed E-state index contributed by atoms with van der Waals surface area (Å²) in [5.74, 6) is 0. The van der Waals surface area contributed by atoms with E-state index in [1.165, 1.54) is 5.19 Å². The molecule has 0 aliphatic carbocycles. The van der Waals surface area contributed by atoms with Crippen LogP contribution in [0.2, 0.25) is 19.6 Å². The van der Waals surface area contributed by atoms with Gasteiger partial charge >= 0.3 is 0 Å². The Kier molecular flexibility index (Phi) is 6.77. The molecule has 0 spiro atoms. The lowest BCUT2D eigenvalue weighted by atomic mass is 9.89. The van der Waals surface area contributed by atoms with Crippen LogP contribution < -0.4 is 5.19 Å². The van der Waals surface area contributed by atoms with Gasteiger partial charge in [0, 0.05) is 0 Å². The Bertz CT molecular complexity index is 917. The first-order chi connectivity index (χ1) is 14.2. The second kappa shape index (κ2) is 8.98. The van der Waals surface area contributed by atoms with Crippen LogP contribution in [-0.4, -0.2) is 59.5 Å². The number of aliphatic hydroxyl groups excluding tert-OH is 4. The molecule has 5 atom stereocenters. The highest BCUT2D eigenvalue weighted by atomic mass is 28.3. The number of ether oxygens (including phenoxy) is 1. The second-order valence-electron chi connectivity index (χ2n) is 8.90. The van der Waals surface area contributed by atoms with Crippen molar-refractivity contribution in [3.05, 3.63) is 64.7 Å². The molecule has 0 bridgehead atoms. The van der Waals surface area contributed by atoms with Crippen LogP contribution in [0, 0.1) is 11.3 Å². The van der Waals surface area contributed by atoms with Crippen molar-refractivity contribution in [1.82, 2.24) is 0 Å². The van der Waals surface area contributed by atoms with Crippen molar-refractivity contribution < 1.29 is 25.2 Å². The number of nitrogens with zero attached hydrogens (tertiary/aromatic N) is 1. The highest BCUT2D eigenvalue weighted by Crippen LogP contribution is 2.33. The molecule has 3 rings (SSSR count). The van der Waals surface area contributed by atoms with E-state index in [2.05, 4.69) is 50.0 Å². The van der Waals surface area contributed by atoms with Crippen molar-refractivity contribution in [3.63, 3.8) is 0 Å². The van der Waals surface area contributed by atoms with E-state index in [4.69, 9.17) is 4.74 Å². The van der Waals surface area contributed by atoms with Crippen LogP contribution in [0.3, 0.4) is 0 Å². The molecule has 1 heterocycles. The van der Waals surface area contributed by atoms with Crippen LogP contribution in [0.4, 0.5) is 0 Å². The van der Waals surface area contributed by atoms with Gasteiger partial charge in [-0.1, -0.05) is 61.2 Å². The molecule has 4 N–H and O–H groups in total. The Labute approximate surface area is 178 Å². The Balaban J connectivity index is 1.90. The molecular weight excluding hydrogens is 398 g/mol. The fraction of sp³-hybridized carbons (Fsp3) is 0.435. The first kappa shape index (κ1) is 22.6. The molecule has 0 amide bonds. The molecule has 0 saturated carbocycles. The molecule has 30 heavy (non-hydrogen) atoms. The Morgan fingerprint density at radius 2 is 1.63 bits per heavy atom. The van der Waals surface area contributed by atoms with Gasteiger partial charge in [-0.3, -0.25) is 0 Å². The normalized spacial score (nSPS) is 26.9. The fourth-order valence-corrected chi connectivity index (χ4v) is 4.93. The van der Waals surface area contributed by atoms with E-state index in [-0.39, 0.29) is 0 Å². The van der Waals surface area contributed by atoms with E-state index >= 15 is 0 Å². The maximum absolute atomic E-state index is 10.4. The SMILES string of the molecule is C[Si](C)(C)c1ccc(Cc2cc([C@@H]3O[C@H](CO)[C@@H](O)[C@H](O)C3O)ccc2C#N)cc1. The van der Waals surface area contributed by atoms with Crippen molar-refractivity contribution in [2.24, 2.45) is 0 Å². The van der Waals surface area contributed by atoms with Crippen LogP contribution in [-0.2, 0) is 11.2 Å². The van der Waals surface area contributed by atoms with E-state index < -0.39 is 45.2 Å². The Morgan fingerprint density at radius 3 is 2.20 bits per heavy atom. The highest BCUT2D eigenvalue weighted by molar-refractivity contribution is 6.88. The minimum absolute atomic E-state index is 0.478. The summed E-state index contributed by atoms with van der Waals surface area (Å²) in [5, 5.41) is 50.8. The van der Waals surface area contributed by atoms with E-state index in [9.17, 15) is 25.7 Å². The largest absolute Gasteiger partial charge is 0.394 e. The number of aliphatic hydroxyl groups is 4. The predicted molar refractivity (Wildman–Crippen MR) is 116 cm³/mol. The molecule has 0 radical (unpaired) electrons. The van der Waals surface area contributed by atoms with Crippen LogP contribution in [0.15, 0.2) is 42.5 Å². The first-order valence-electron chi connectivity index (χ1n) is 10.1. The maximum atomic E-state index is 10.4. The molecule has 1 aliphatic rings. The van der Waals surface area contributed by atoms with Gasteiger partial charge in [0.15, 0.2) is 0 Å². The van der Waals surface area contributed by atoms with E-state index in [0.717, 1.165) is 11.1 Å². The third kappa shape index (κ3) is 4.65. The van der Waals surface area contributed by atoms with Gasteiger partial charge in [0.2, 0.25) is 0 Å². The summed E-state index contributed by atoms with van der Waals surface area (Å²) >= 11 is 0. The summed E-state index contributed by atoms with van der Waals surface area (Å²) in [6, 6.07) is 15.8. The van der Waals surface area contributed by atoms with Crippen LogP contribution >= 0.6 is 0 Å². The van der Waals surface area contributed by atoms with Crippen LogP contribution in [0.25, 0.3) is 0 Å². The molecular formula is C23H29NO5Si. The predicted octanol–water partition coefficient (Wildman–Crippen LogP) is 1.21. The lowest BCUT2D eigenvalue weighted by molar-refractivity contribution is -0.231. The number of hydrogen-bond donors (Lipinski definition) is 4. The minimum Gasteiger partial charge on any atom is -0.394 e. The minimum atomic E-state index is -1.44. The molecule has 160 valence electrons. The molecule has 1 fully saturated rings. The summed E-state index contributed by atoms with van der Waals surface area (Å²) < 4.78 is 5.66. The summed E-state index contributed by atoms with van der Waals surface area (Å²) in [6.45, 7) is 6.40. The molecule has 1 aliphatic heterocycles. The molecule has 7 heteroatoms. The maximum Gasteiger partial charge on any atom is 0.113 e. The zero-order valence-corrected chi connectivity index (χ0v) is 18.5. The lowest BCUT2D eigenvalue weighted by Gasteiger charge is -2.40. The standard InChI is InChI=1S/C23H29NO5Si/c1-30(2,3)18-8-4-14(5-9-18)10-17-11-15(6-7-16(17)12-24)23-22(28)21(27)20(26)19(13-25)29-23/h4-9,11,19-23,25-28H,10,13H2,1-3H3/t19-,20-,21+,22?,23+/m1/s1. The lowest BCUT2D eigenvalue weighted by Crippen LogP contribution is -2.55. The summed E-state index contributed by atoms with van der Waals surface area (Å²) in [4.78, 5) is 0. The molecule has 1 saturated heterocycles. The summed E-state index contributed by atoms with van der Waals surface area (Å²) in [7, 11) is -1.39. The molecule has 1 unspecified atom stereocenters. The van der Waals surface area contributed by atoms with E-state index in [1.54, 1.807) is 18.2 Å². The smallest absolute Gasteiger partial charge is 0.113 e. The van der Waals surface area contributed by atoms with Gasteiger partial charge in [-0.25, -0.2) is 0 Å². The third-order valence-electron chi connectivity index (χ3n) is 5.69. The Morgan fingerprint density at radius 1 is 0.967 bits per heavy atom. The Hall–Kier alpha value is -2.05. The van der Waals surface area contributed by atoms with Gasteiger partial charge in [-0.15, -0.1) is 0 Å². The van der Waals surface area contributed by atoms with Crippen molar-refractivity contribution in [3.8, 4) is 6.07 Å². The van der Waals surface area contributed by atoms with Crippen molar-refractivity contribution in [2.75, 3.05) is 6.61 Å². The number of rotatable bonds is 5. The number of hydrogen-bond acceptors (Lipinski definition) is 6. The van der Waals surface area contributed by atoms with Crippen LogP contribution in [0.5, 0.6) is 0 Å². The van der Waals surface area contributed by atoms with Crippen LogP contribution in [0.1, 0.15) is 28.4 Å². The van der Waals surface area contributed by atoms with Crippen molar-refractivity contribution in [2.45, 2.75) is 56.6 Å². The van der Waals surface area contributed by atoms with E-state index in [1.807, 2.05) is 0 Å². The quantitative estimate of drug-likeness (QED) is 0.534. The highest BCUT2D eigenvalue weighted by Gasteiger charge is 2.44. The second-order valence-corrected chi connectivity index (χ2v) is 14.0. The summed E-state index contributed by atoms with van der Waals surface area (Å²) in [5.41, 5.74) is 2.96.